The van der Waals surface area contributed by atoms with E-state index in [0.717, 1.165) is 11.8 Å². The van der Waals surface area contributed by atoms with Crippen molar-refractivity contribution in [2.45, 2.75) is 53.4 Å². The van der Waals surface area contributed by atoms with Gasteiger partial charge in [-0.25, -0.2) is 0 Å². The Bertz CT molecular complexity index is 157. The molecule has 1 aliphatic rings. The zero-order valence-electron chi connectivity index (χ0n) is 10.4. The van der Waals surface area contributed by atoms with E-state index in [-0.39, 0.29) is 0 Å². The molecule has 84 valence electrons. The van der Waals surface area contributed by atoms with E-state index in [9.17, 15) is 0 Å². The maximum Gasteiger partial charge on any atom is 0.000793 e. The Labute approximate surface area is 89.7 Å². The van der Waals surface area contributed by atoms with Gasteiger partial charge in [-0.2, -0.15) is 0 Å². The molecule has 0 aliphatic heterocycles. The van der Waals surface area contributed by atoms with Crippen LogP contribution >= 0.6 is 0 Å². The first-order chi connectivity index (χ1) is 6.54. The highest BCUT2D eigenvalue weighted by atomic mass is 14.9. The lowest BCUT2D eigenvalue weighted by molar-refractivity contribution is 0.373. The minimum Gasteiger partial charge on any atom is -0.316 e. The van der Waals surface area contributed by atoms with Crippen molar-refractivity contribution in [1.82, 2.24) is 5.32 Å². The van der Waals surface area contributed by atoms with E-state index < -0.39 is 0 Å². The lowest BCUT2D eigenvalue weighted by atomic mass is 9.95. The van der Waals surface area contributed by atoms with Gasteiger partial charge in [0.1, 0.15) is 0 Å². The molecule has 1 saturated carbocycles. The van der Waals surface area contributed by atoms with Crippen LogP contribution in [0.25, 0.3) is 0 Å². The lowest BCUT2D eigenvalue weighted by Crippen LogP contribution is -2.27. The van der Waals surface area contributed by atoms with Gasteiger partial charge in [-0.15, -0.1) is 0 Å². The molecule has 0 bridgehead atoms. The van der Waals surface area contributed by atoms with Gasteiger partial charge < -0.3 is 5.32 Å². The van der Waals surface area contributed by atoms with Crippen LogP contribution in [0.2, 0.25) is 0 Å². The Kier molecular flexibility index (Phi) is 4.43. The van der Waals surface area contributed by atoms with Crippen molar-refractivity contribution < 1.29 is 0 Å². The standard InChI is InChI=1S/C13H27N/c1-11(2)5-6-13(7-8-13)10-14-9-12(3)4/h11-12,14H,5-10H2,1-4H3. The first kappa shape index (κ1) is 12.0. The summed E-state index contributed by atoms with van der Waals surface area (Å²) in [6.45, 7) is 11.7. The average molecular weight is 197 g/mol. The Hall–Kier alpha value is -0.0400. The fourth-order valence-corrected chi connectivity index (χ4v) is 1.91. The fraction of sp³-hybridized carbons (Fsp3) is 1.00. The smallest absolute Gasteiger partial charge is 0.000793 e. The van der Waals surface area contributed by atoms with Crippen molar-refractivity contribution in [2.24, 2.45) is 17.3 Å². The van der Waals surface area contributed by atoms with Gasteiger partial charge in [-0.3, -0.25) is 0 Å². The van der Waals surface area contributed by atoms with Crippen LogP contribution in [0.15, 0.2) is 0 Å². The van der Waals surface area contributed by atoms with E-state index in [0.29, 0.717) is 5.41 Å². The van der Waals surface area contributed by atoms with Crippen LogP contribution in [-0.4, -0.2) is 13.1 Å². The van der Waals surface area contributed by atoms with Crippen molar-refractivity contribution in [3.05, 3.63) is 0 Å². The van der Waals surface area contributed by atoms with Crippen molar-refractivity contribution in [1.29, 1.82) is 0 Å². The second-order valence-electron chi connectivity index (χ2n) is 5.96. The molecule has 1 fully saturated rings. The summed E-state index contributed by atoms with van der Waals surface area (Å²) in [7, 11) is 0. The minimum absolute atomic E-state index is 0.708. The van der Waals surface area contributed by atoms with E-state index in [1.54, 1.807) is 0 Å². The summed E-state index contributed by atoms with van der Waals surface area (Å²) in [6, 6.07) is 0. The number of rotatable bonds is 7. The zero-order chi connectivity index (χ0) is 10.6. The van der Waals surface area contributed by atoms with Crippen molar-refractivity contribution in [3.8, 4) is 0 Å². The second kappa shape index (κ2) is 5.16. The van der Waals surface area contributed by atoms with Crippen LogP contribution in [0.1, 0.15) is 53.4 Å². The maximum absolute atomic E-state index is 3.61. The summed E-state index contributed by atoms with van der Waals surface area (Å²) in [5.41, 5.74) is 0.708. The first-order valence-electron chi connectivity index (χ1n) is 6.25. The van der Waals surface area contributed by atoms with Gasteiger partial charge in [-0.1, -0.05) is 34.1 Å². The van der Waals surface area contributed by atoms with Crippen LogP contribution in [0.3, 0.4) is 0 Å². The summed E-state index contributed by atoms with van der Waals surface area (Å²) in [6.07, 6.45) is 5.77. The van der Waals surface area contributed by atoms with Gasteiger partial charge in [-0.05, 0) is 43.1 Å². The SMILES string of the molecule is CC(C)CCC1(CNCC(C)C)CC1. The zero-order valence-corrected chi connectivity index (χ0v) is 10.4. The van der Waals surface area contributed by atoms with E-state index in [1.165, 1.54) is 38.8 Å². The molecular formula is C13H27N. The minimum atomic E-state index is 0.708. The molecule has 0 aromatic heterocycles. The van der Waals surface area contributed by atoms with Gasteiger partial charge >= 0.3 is 0 Å². The van der Waals surface area contributed by atoms with Gasteiger partial charge in [0.05, 0.1) is 0 Å². The molecule has 1 heteroatoms. The van der Waals surface area contributed by atoms with Crippen molar-refractivity contribution >= 4 is 0 Å². The van der Waals surface area contributed by atoms with Gasteiger partial charge in [0.2, 0.25) is 0 Å². The molecule has 0 aromatic rings. The highest BCUT2D eigenvalue weighted by molar-refractivity contribution is 4.94. The predicted octanol–water partition coefficient (Wildman–Crippen LogP) is 3.45. The summed E-state index contributed by atoms with van der Waals surface area (Å²) in [5.74, 6) is 1.66. The lowest BCUT2D eigenvalue weighted by Gasteiger charge is -2.18. The molecule has 0 saturated heterocycles. The quantitative estimate of drug-likeness (QED) is 0.659. The number of hydrogen-bond donors (Lipinski definition) is 1. The summed E-state index contributed by atoms with van der Waals surface area (Å²) >= 11 is 0. The molecular weight excluding hydrogens is 170 g/mol. The van der Waals surface area contributed by atoms with Crippen LogP contribution < -0.4 is 5.32 Å². The van der Waals surface area contributed by atoms with Crippen molar-refractivity contribution in [2.75, 3.05) is 13.1 Å². The van der Waals surface area contributed by atoms with E-state index in [1.807, 2.05) is 0 Å². The van der Waals surface area contributed by atoms with Crippen molar-refractivity contribution in [3.63, 3.8) is 0 Å². The molecule has 0 amide bonds. The summed E-state index contributed by atoms with van der Waals surface area (Å²) in [4.78, 5) is 0. The third-order valence-corrected chi connectivity index (χ3v) is 3.26. The maximum atomic E-state index is 3.61. The van der Waals surface area contributed by atoms with E-state index >= 15 is 0 Å². The molecule has 0 spiro atoms. The molecule has 0 radical (unpaired) electrons. The third kappa shape index (κ3) is 4.45. The molecule has 0 atom stereocenters. The topological polar surface area (TPSA) is 12.0 Å². The Morgan fingerprint density at radius 2 is 1.71 bits per heavy atom. The van der Waals surface area contributed by atoms with E-state index in [4.69, 9.17) is 0 Å². The van der Waals surface area contributed by atoms with Crippen LogP contribution in [0.4, 0.5) is 0 Å². The number of nitrogens with one attached hydrogen (secondary N) is 1. The van der Waals surface area contributed by atoms with Crippen LogP contribution in [0.5, 0.6) is 0 Å². The summed E-state index contributed by atoms with van der Waals surface area (Å²) < 4.78 is 0. The highest BCUT2D eigenvalue weighted by Gasteiger charge is 2.41. The molecule has 0 unspecified atom stereocenters. The van der Waals surface area contributed by atoms with Gasteiger partial charge in [0.25, 0.3) is 0 Å². The molecule has 0 heterocycles. The van der Waals surface area contributed by atoms with Gasteiger partial charge in [0.15, 0.2) is 0 Å². The highest BCUT2D eigenvalue weighted by Crippen LogP contribution is 2.49. The Morgan fingerprint density at radius 1 is 1.07 bits per heavy atom. The normalized spacial score (nSPS) is 19.3. The fourth-order valence-electron chi connectivity index (χ4n) is 1.91. The third-order valence-electron chi connectivity index (χ3n) is 3.26. The molecule has 1 aliphatic carbocycles. The Morgan fingerprint density at radius 3 is 2.14 bits per heavy atom. The molecule has 1 N–H and O–H groups in total. The molecule has 1 rings (SSSR count). The van der Waals surface area contributed by atoms with Crippen LogP contribution in [0, 0.1) is 17.3 Å². The van der Waals surface area contributed by atoms with Crippen LogP contribution in [-0.2, 0) is 0 Å². The monoisotopic (exact) mass is 197 g/mol. The second-order valence-corrected chi connectivity index (χ2v) is 5.96. The van der Waals surface area contributed by atoms with E-state index in [2.05, 4.69) is 33.0 Å². The number of hydrogen-bond acceptors (Lipinski definition) is 1. The van der Waals surface area contributed by atoms with Gasteiger partial charge in [0, 0.05) is 6.54 Å². The average Bonchev–Trinajstić information content (AvgIpc) is 2.82. The predicted molar refractivity (Wildman–Crippen MR) is 63.4 cm³/mol. The molecule has 0 aromatic carbocycles. The largest absolute Gasteiger partial charge is 0.316 e. The first-order valence-corrected chi connectivity index (χ1v) is 6.25. The molecule has 1 nitrogen and oxygen atoms in total. The summed E-state index contributed by atoms with van der Waals surface area (Å²) in [5, 5.41) is 3.61. The molecule has 14 heavy (non-hydrogen) atoms. The Balaban J connectivity index is 2.09.